The fraction of sp³-hybridized carbons (Fsp3) is 0.667. The summed E-state index contributed by atoms with van der Waals surface area (Å²) in [5.74, 6) is -0.590. The molecule has 0 aliphatic rings. The van der Waals surface area contributed by atoms with E-state index in [1.807, 2.05) is 0 Å². The zero-order valence-corrected chi connectivity index (χ0v) is 5.46. The van der Waals surface area contributed by atoms with E-state index in [0.717, 1.165) is 0 Å². The number of aliphatic hydroxyl groups is 1. The zero-order chi connectivity index (χ0) is 7.28. The van der Waals surface area contributed by atoms with Crippen molar-refractivity contribution >= 4 is 5.97 Å². The highest BCUT2D eigenvalue weighted by Crippen LogP contribution is 1.91. The fourth-order valence-electron chi connectivity index (χ4n) is 0.356. The number of ether oxygens (including phenoxy) is 1. The summed E-state index contributed by atoms with van der Waals surface area (Å²) >= 11 is 0. The molecule has 0 aromatic carbocycles. The molecule has 0 fully saturated rings. The van der Waals surface area contributed by atoms with Gasteiger partial charge in [0.25, 0.3) is 0 Å². The first-order chi connectivity index (χ1) is 4.22. The van der Waals surface area contributed by atoms with Gasteiger partial charge >= 0.3 is 5.97 Å². The van der Waals surface area contributed by atoms with Gasteiger partial charge in [0, 0.05) is 0 Å². The van der Waals surface area contributed by atoms with Crippen molar-refractivity contribution in [2.24, 2.45) is 0 Å². The van der Waals surface area contributed by atoms with E-state index in [-0.39, 0.29) is 6.42 Å². The third kappa shape index (κ3) is 3.08. The Morgan fingerprint density at radius 1 is 1.89 bits per heavy atom. The maximum atomic E-state index is 10.5. The molecule has 0 unspecified atom stereocenters. The van der Waals surface area contributed by atoms with E-state index in [4.69, 9.17) is 5.11 Å². The first-order valence-electron chi connectivity index (χ1n) is 2.86. The average molecular weight is 131 g/mol. The van der Waals surface area contributed by atoms with Gasteiger partial charge in [-0.25, -0.2) is 4.79 Å². The quantitative estimate of drug-likeness (QED) is 0.554. The number of carbonyl (C=O) groups excluding carboxylic acids is 1. The number of hydrogen-bond acceptors (Lipinski definition) is 3. The van der Waals surface area contributed by atoms with Crippen molar-refractivity contribution in [2.45, 2.75) is 19.4 Å². The van der Waals surface area contributed by atoms with Crippen LogP contribution in [0.5, 0.6) is 0 Å². The summed E-state index contributed by atoms with van der Waals surface area (Å²) in [6.45, 7) is 5.33. The Morgan fingerprint density at radius 2 is 2.44 bits per heavy atom. The highest BCUT2D eigenvalue weighted by Gasteiger charge is 2.11. The minimum atomic E-state index is -1.05. The van der Waals surface area contributed by atoms with Crippen LogP contribution in [-0.4, -0.2) is 23.8 Å². The molecule has 53 valence electrons. The van der Waals surface area contributed by atoms with Crippen molar-refractivity contribution in [2.75, 3.05) is 6.61 Å². The smallest absolute Gasteiger partial charge is 0.334 e. The van der Waals surface area contributed by atoms with Crippen molar-refractivity contribution in [1.82, 2.24) is 0 Å². The van der Waals surface area contributed by atoms with Gasteiger partial charge in [0.1, 0.15) is 0 Å². The van der Waals surface area contributed by atoms with Gasteiger partial charge in [0.05, 0.1) is 6.61 Å². The zero-order valence-electron chi connectivity index (χ0n) is 5.46. The maximum absolute atomic E-state index is 10.5. The summed E-state index contributed by atoms with van der Waals surface area (Å²) in [5.41, 5.74) is 0. The van der Waals surface area contributed by atoms with Crippen molar-refractivity contribution in [3.05, 3.63) is 6.92 Å². The first-order valence-corrected chi connectivity index (χ1v) is 2.86. The predicted octanol–water partition coefficient (Wildman–Crippen LogP) is 0.135. The molecule has 0 aromatic rings. The third-order valence-electron chi connectivity index (χ3n) is 0.832. The lowest BCUT2D eigenvalue weighted by Gasteiger charge is -2.04. The Kier molecular flexibility index (Phi) is 4.05. The molecule has 0 aliphatic heterocycles. The van der Waals surface area contributed by atoms with E-state index in [0.29, 0.717) is 6.61 Å². The molecular weight excluding hydrogens is 120 g/mol. The number of hydrogen-bond donors (Lipinski definition) is 1. The topological polar surface area (TPSA) is 46.5 Å². The summed E-state index contributed by atoms with van der Waals surface area (Å²) in [6.07, 6.45) is -0.885. The molecule has 0 aromatic heterocycles. The van der Waals surface area contributed by atoms with Crippen LogP contribution in [0.4, 0.5) is 0 Å². The van der Waals surface area contributed by atoms with Gasteiger partial charge < -0.3 is 9.84 Å². The van der Waals surface area contributed by atoms with E-state index in [9.17, 15) is 4.79 Å². The monoisotopic (exact) mass is 131 g/mol. The molecule has 0 spiro atoms. The van der Waals surface area contributed by atoms with Crippen LogP contribution in [0, 0.1) is 6.92 Å². The minimum Gasteiger partial charge on any atom is -0.464 e. The van der Waals surface area contributed by atoms with Gasteiger partial charge in [0.2, 0.25) is 0 Å². The summed E-state index contributed by atoms with van der Waals surface area (Å²) in [6, 6.07) is 0. The lowest BCUT2D eigenvalue weighted by molar-refractivity contribution is -0.152. The Balaban J connectivity index is 3.46. The Hall–Kier alpha value is -0.570. The summed E-state index contributed by atoms with van der Waals surface area (Å²) in [5, 5.41) is 8.72. The van der Waals surface area contributed by atoms with Gasteiger partial charge in [-0.1, -0.05) is 6.92 Å². The summed E-state index contributed by atoms with van der Waals surface area (Å²) in [4.78, 5) is 10.5. The second-order valence-electron chi connectivity index (χ2n) is 1.56. The number of esters is 1. The van der Waals surface area contributed by atoms with Crippen LogP contribution in [0.15, 0.2) is 0 Å². The molecule has 0 saturated heterocycles. The van der Waals surface area contributed by atoms with Crippen LogP contribution >= 0.6 is 0 Å². The third-order valence-corrected chi connectivity index (χ3v) is 0.832. The van der Waals surface area contributed by atoms with E-state index in [1.165, 1.54) is 0 Å². The van der Waals surface area contributed by atoms with Crippen LogP contribution in [-0.2, 0) is 9.53 Å². The van der Waals surface area contributed by atoms with Crippen molar-refractivity contribution in [3.63, 3.8) is 0 Å². The van der Waals surface area contributed by atoms with Crippen LogP contribution in [0.1, 0.15) is 13.3 Å². The van der Waals surface area contributed by atoms with Gasteiger partial charge in [-0.2, -0.15) is 0 Å². The fourth-order valence-corrected chi connectivity index (χ4v) is 0.356. The van der Waals surface area contributed by atoms with Crippen LogP contribution in [0.3, 0.4) is 0 Å². The molecular formula is C6H11O3. The van der Waals surface area contributed by atoms with Gasteiger partial charge in [-0.05, 0) is 13.3 Å². The molecule has 1 radical (unpaired) electrons. The molecule has 1 N–H and O–H groups in total. The normalized spacial score (nSPS) is 12.8. The summed E-state index contributed by atoms with van der Waals surface area (Å²) in [7, 11) is 0. The molecule has 0 saturated carbocycles. The Morgan fingerprint density at radius 3 is 2.78 bits per heavy atom. The first kappa shape index (κ1) is 8.43. The highest BCUT2D eigenvalue weighted by molar-refractivity contribution is 5.74. The second kappa shape index (κ2) is 4.32. The maximum Gasteiger partial charge on any atom is 0.334 e. The highest BCUT2D eigenvalue weighted by atomic mass is 16.5. The standard InChI is InChI=1S/C6H11O3/c1-3-5(7)6(8)9-4-2/h5,7H,1,3-4H2,2H3/t5-/m1/s1. The number of aliphatic hydroxyl groups excluding tert-OH is 1. The van der Waals surface area contributed by atoms with Crippen molar-refractivity contribution in [1.29, 1.82) is 0 Å². The second-order valence-corrected chi connectivity index (χ2v) is 1.56. The Bertz CT molecular complexity index is 90.3. The van der Waals surface area contributed by atoms with E-state index >= 15 is 0 Å². The number of rotatable bonds is 3. The largest absolute Gasteiger partial charge is 0.464 e. The minimum absolute atomic E-state index is 0.166. The molecule has 0 heterocycles. The van der Waals surface area contributed by atoms with Gasteiger partial charge in [-0.15, -0.1) is 0 Å². The average Bonchev–Trinajstić information content (AvgIpc) is 1.87. The van der Waals surface area contributed by atoms with E-state index in [2.05, 4.69) is 11.7 Å². The lowest BCUT2D eigenvalue weighted by atomic mass is 10.3. The molecule has 1 atom stereocenters. The van der Waals surface area contributed by atoms with Crippen molar-refractivity contribution in [3.8, 4) is 0 Å². The molecule has 0 aliphatic carbocycles. The van der Waals surface area contributed by atoms with Crippen molar-refractivity contribution < 1.29 is 14.6 Å². The molecule has 0 rings (SSSR count). The predicted molar refractivity (Wildman–Crippen MR) is 32.6 cm³/mol. The lowest BCUT2D eigenvalue weighted by Crippen LogP contribution is -2.21. The van der Waals surface area contributed by atoms with E-state index < -0.39 is 12.1 Å². The van der Waals surface area contributed by atoms with Crippen LogP contribution in [0.25, 0.3) is 0 Å². The molecule has 9 heavy (non-hydrogen) atoms. The summed E-state index contributed by atoms with van der Waals surface area (Å²) < 4.78 is 4.47. The van der Waals surface area contributed by atoms with Gasteiger partial charge in [0.15, 0.2) is 6.10 Å². The molecule has 3 heteroatoms. The molecule has 3 nitrogen and oxygen atoms in total. The van der Waals surface area contributed by atoms with E-state index in [1.54, 1.807) is 6.92 Å². The molecule has 0 amide bonds. The van der Waals surface area contributed by atoms with Gasteiger partial charge in [-0.3, -0.25) is 0 Å². The van der Waals surface area contributed by atoms with Crippen LogP contribution < -0.4 is 0 Å². The van der Waals surface area contributed by atoms with Crippen LogP contribution in [0.2, 0.25) is 0 Å². The molecule has 0 bridgehead atoms. The Labute approximate surface area is 54.6 Å². The number of carbonyl (C=O) groups is 1. The SMILES string of the molecule is [CH2]C[C@@H](O)C(=O)OCC.